The van der Waals surface area contributed by atoms with Crippen molar-refractivity contribution in [1.82, 2.24) is 10.6 Å². The number of nitrogens with two attached hydrogens (primary N) is 1. The maximum Gasteiger partial charge on any atom is 0.312 e. The number of benzene rings is 2. The third kappa shape index (κ3) is 5.64. The van der Waals surface area contributed by atoms with Crippen LogP contribution in [0.3, 0.4) is 0 Å². The van der Waals surface area contributed by atoms with Crippen LogP contribution in [0.1, 0.15) is 23.6 Å². The minimum absolute atomic E-state index is 0.0946. The lowest BCUT2D eigenvalue weighted by Crippen LogP contribution is -2.36. The average molecular weight is 332 g/mol. The molecule has 0 radical (unpaired) electrons. The summed E-state index contributed by atoms with van der Waals surface area (Å²) in [6, 6.07) is 15.3. The molecule has 0 aliphatic rings. The van der Waals surface area contributed by atoms with E-state index in [1.807, 2.05) is 30.3 Å². The van der Waals surface area contributed by atoms with Crippen molar-refractivity contribution in [3.63, 3.8) is 0 Å². The van der Waals surface area contributed by atoms with Gasteiger partial charge in [0.15, 0.2) is 0 Å². The standard InChI is InChI=1S/C17H18ClN3O2/c18-14-8-6-13(7-9-14)15(21-17(19)23)10-16(22)20-11-12-4-2-1-3-5-12/h1-9,15H,10-11H2,(H,20,22)(H3,19,21,23). The first-order chi connectivity index (χ1) is 11.0. The first-order valence-electron chi connectivity index (χ1n) is 7.16. The number of nitrogens with one attached hydrogen (secondary N) is 2. The van der Waals surface area contributed by atoms with E-state index in [1.54, 1.807) is 24.3 Å². The molecule has 23 heavy (non-hydrogen) atoms. The van der Waals surface area contributed by atoms with Gasteiger partial charge >= 0.3 is 6.03 Å². The van der Waals surface area contributed by atoms with Gasteiger partial charge in [-0.05, 0) is 23.3 Å². The number of amides is 3. The van der Waals surface area contributed by atoms with E-state index in [0.717, 1.165) is 11.1 Å². The molecule has 2 aromatic rings. The fourth-order valence-corrected chi connectivity index (χ4v) is 2.30. The Morgan fingerprint density at radius 3 is 2.30 bits per heavy atom. The molecule has 5 nitrogen and oxygen atoms in total. The molecule has 6 heteroatoms. The Bertz CT molecular complexity index is 659. The summed E-state index contributed by atoms with van der Waals surface area (Å²) in [5, 5.41) is 5.99. The Balaban J connectivity index is 1.98. The SMILES string of the molecule is NC(=O)NC(CC(=O)NCc1ccccc1)c1ccc(Cl)cc1. The molecule has 120 valence electrons. The van der Waals surface area contributed by atoms with Crippen LogP contribution in [-0.4, -0.2) is 11.9 Å². The van der Waals surface area contributed by atoms with Crippen molar-refractivity contribution in [3.8, 4) is 0 Å². The summed E-state index contributed by atoms with van der Waals surface area (Å²) in [6.45, 7) is 0.434. The number of halogens is 1. The van der Waals surface area contributed by atoms with Crippen molar-refractivity contribution >= 4 is 23.5 Å². The summed E-state index contributed by atoms with van der Waals surface area (Å²) in [5.41, 5.74) is 6.97. The van der Waals surface area contributed by atoms with Gasteiger partial charge in [0.05, 0.1) is 12.5 Å². The number of carbonyl (C=O) groups excluding carboxylic acids is 2. The fraction of sp³-hybridized carbons (Fsp3) is 0.176. The van der Waals surface area contributed by atoms with Crippen molar-refractivity contribution < 1.29 is 9.59 Å². The normalized spacial score (nSPS) is 11.5. The Kier molecular flexibility index (Phi) is 6.00. The zero-order chi connectivity index (χ0) is 16.7. The third-order valence-corrected chi connectivity index (χ3v) is 3.56. The van der Waals surface area contributed by atoms with Crippen LogP contribution in [0.2, 0.25) is 5.02 Å². The van der Waals surface area contributed by atoms with Crippen LogP contribution in [-0.2, 0) is 11.3 Å². The average Bonchev–Trinajstić information content (AvgIpc) is 2.53. The Labute approximate surface area is 139 Å². The summed E-state index contributed by atoms with van der Waals surface area (Å²) in [4.78, 5) is 23.3. The molecule has 0 bridgehead atoms. The van der Waals surface area contributed by atoms with Crippen molar-refractivity contribution in [3.05, 3.63) is 70.7 Å². The molecule has 1 unspecified atom stereocenters. The summed E-state index contributed by atoms with van der Waals surface area (Å²) < 4.78 is 0. The number of urea groups is 1. The van der Waals surface area contributed by atoms with E-state index in [0.29, 0.717) is 11.6 Å². The monoisotopic (exact) mass is 331 g/mol. The van der Waals surface area contributed by atoms with Gasteiger partial charge in [0, 0.05) is 11.6 Å². The van der Waals surface area contributed by atoms with Crippen molar-refractivity contribution in [2.75, 3.05) is 0 Å². The van der Waals surface area contributed by atoms with Gasteiger partial charge in [-0.25, -0.2) is 4.79 Å². The molecule has 0 aliphatic carbocycles. The number of rotatable bonds is 6. The van der Waals surface area contributed by atoms with Crippen LogP contribution in [0.4, 0.5) is 4.79 Å². The molecule has 0 aliphatic heterocycles. The van der Waals surface area contributed by atoms with Gasteiger partial charge < -0.3 is 16.4 Å². The summed E-state index contributed by atoms with van der Waals surface area (Å²) in [7, 11) is 0. The van der Waals surface area contributed by atoms with Crippen molar-refractivity contribution in [2.45, 2.75) is 19.0 Å². The van der Waals surface area contributed by atoms with Gasteiger partial charge in [-0.1, -0.05) is 54.1 Å². The quantitative estimate of drug-likeness (QED) is 0.760. The smallest absolute Gasteiger partial charge is 0.312 e. The largest absolute Gasteiger partial charge is 0.352 e. The van der Waals surface area contributed by atoms with Gasteiger partial charge in [0.2, 0.25) is 5.91 Å². The molecular weight excluding hydrogens is 314 g/mol. The van der Waals surface area contributed by atoms with Crippen molar-refractivity contribution in [1.29, 1.82) is 0 Å². The maximum absolute atomic E-state index is 12.1. The highest BCUT2D eigenvalue weighted by Crippen LogP contribution is 2.19. The van der Waals surface area contributed by atoms with E-state index < -0.39 is 12.1 Å². The minimum Gasteiger partial charge on any atom is -0.352 e. The van der Waals surface area contributed by atoms with Crippen LogP contribution < -0.4 is 16.4 Å². The molecule has 0 fully saturated rings. The van der Waals surface area contributed by atoms with E-state index in [-0.39, 0.29) is 12.3 Å². The zero-order valence-electron chi connectivity index (χ0n) is 12.5. The first kappa shape index (κ1) is 16.8. The second kappa shape index (κ2) is 8.19. The highest BCUT2D eigenvalue weighted by molar-refractivity contribution is 6.30. The van der Waals surface area contributed by atoms with Gasteiger partial charge in [0.1, 0.15) is 0 Å². The molecule has 0 heterocycles. The second-order valence-corrected chi connectivity index (χ2v) is 5.52. The molecule has 4 N–H and O–H groups in total. The highest BCUT2D eigenvalue weighted by atomic mass is 35.5. The molecule has 1 atom stereocenters. The van der Waals surface area contributed by atoms with E-state index in [9.17, 15) is 9.59 Å². The Hall–Kier alpha value is -2.53. The molecule has 3 amide bonds. The van der Waals surface area contributed by atoms with Gasteiger partial charge in [-0.2, -0.15) is 0 Å². The van der Waals surface area contributed by atoms with E-state index in [2.05, 4.69) is 10.6 Å². The number of carbonyl (C=O) groups is 2. The second-order valence-electron chi connectivity index (χ2n) is 5.08. The van der Waals surface area contributed by atoms with Gasteiger partial charge in [0.25, 0.3) is 0 Å². The number of hydrogen-bond donors (Lipinski definition) is 3. The lowest BCUT2D eigenvalue weighted by Gasteiger charge is -2.18. The van der Waals surface area contributed by atoms with Crippen LogP contribution >= 0.6 is 11.6 Å². The third-order valence-electron chi connectivity index (χ3n) is 3.31. The molecule has 2 rings (SSSR count). The molecular formula is C17H18ClN3O2. The zero-order valence-corrected chi connectivity index (χ0v) is 13.2. The number of hydrogen-bond acceptors (Lipinski definition) is 2. The predicted molar refractivity (Wildman–Crippen MR) is 89.8 cm³/mol. The number of primary amides is 1. The van der Waals surface area contributed by atoms with E-state index in [1.165, 1.54) is 0 Å². The van der Waals surface area contributed by atoms with Crippen LogP contribution in [0, 0.1) is 0 Å². The maximum atomic E-state index is 12.1. The lowest BCUT2D eigenvalue weighted by molar-refractivity contribution is -0.121. The Morgan fingerprint density at radius 1 is 1.04 bits per heavy atom. The highest BCUT2D eigenvalue weighted by Gasteiger charge is 2.17. The molecule has 0 saturated carbocycles. The van der Waals surface area contributed by atoms with Gasteiger partial charge in [-0.3, -0.25) is 4.79 Å². The molecule has 0 aromatic heterocycles. The summed E-state index contributed by atoms with van der Waals surface area (Å²) in [6.07, 6.45) is 0.0946. The topological polar surface area (TPSA) is 84.2 Å². The molecule has 2 aromatic carbocycles. The van der Waals surface area contributed by atoms with E-state index in [4.69, 9.17) is 17.3 Å². The first-order valence-corrected chi connectivity index (χ1v) is 7.54. The minimum atomic E-state index is -0.680. The molecule has 0 spiro atoms. The van der Waals surface area contributed by atoms with E-state index >= 15 is 0 Å². The van der Waals surface area contributed by atoms with Crippen molar-refractivity contribution in [2.24, 2.45) is 5.73 Å². The summed E-state index contributed by atoms with van der Waals surface area (Å²) in [5.74, 6) is -0.178. The van der Waals surface area contributed by atoms with Crippen LogP contribution in [0.15, 0.2) is 54.6 Å². The Morgan fingerprint density at radius 2 is 1.70 bits per heavy atom. The fourth-order valence-electron chi connectivity index (χ4n) is 2.17. The van der Waals surface area contributed by atoms with Crippen LogP contribution in [0.25, 0.3) is 0 Å². The predicted octanol–water partition coefficient (Wildman–Crippen LogP) is 2.76. The van der Waals surface area contributed by atoms with Gasteiger partial charge in [-0.15, -0.1) is 0 Å². The molecule has 0 saturated heterocycles. The lowest BCUT2D eigenvalue weighted by atomic mass is 10.0. The van der Waals surface area contributed by atoms with Crippen LogP contribution in [0.5, 0.6) is 0 Å². The summed E-state index contributed by atoms with van der Waals surface area (Å²) >= 11 is 5.85.